The third-order valence-electron chi connectivity index (χ3n) is 4.44. The van der Waals surface area contributed by atoms with Crippen molar-refractivity contribution in [2.75, 3.05) is 20.6 Å². The summed E-state index contributed by atoms with van der Waals surface area (Å²) in [4.78, 5) is 40.4. The van der Waals surface area contributed by atoms with E-state index < -0.39 is 17.9 Å². The molecule has 0 spiro atoms. The minimum Gasteiger partial charge on any atom is -0.478 e. The van der Waals surface area contributed by atoms with Crippen LogP contribution in [-0.4, -0.2) is 58.6 Å². The summed E-state index contributed by atoms with van der Waals surface area (Å²) in [5, 5.41) is 19.1. The first-order valence-corrected chi connectivity index (χ1v) is 8.84. The predicted molar refractivity (Wildman–Crippen MR) is 106 cm³/mol. The maximum absolute atomic E-state index is 12.7. The summed E-state index contributed by atoms with van der Waals surface area (Å²) >= 11 is 0. The molecule has 0 saturated carbocycles. The Kier molecular flexibility index (Phi) is 5.65. The van der Waals surface area contributed by atoms with Gasteiger partial charge in [-0.2, -0.15) is 0 Å². The second kappa shape index (κ2) is 8.15. The lowest BCUT2D eigenvalue weighted by Crippen LogP contribution is -2.15. The summed E-state index contributed by atoms with van der Waals surface area (Å²) in [7, 11) is 3.93. The van der Waals surface area contributed by atoms with Crippen molar-refractivity contribution in [1.29, 1.82) is 0 Å². The molecule has 0 aliphatic carbocycles. The van der Waals surface area contributed by atoms with E-state index in [1.807, 2.05) is 31.3 Å². The maximum Gasteiger partial charge on any atom is 0.343 e. The zero-order chi connectivity index (χ0) is 21.1. The van der Waals surface area contributed by atoms with Gasteiger partial charge in [0.15, 0.2) is 0 Å². The van der Waals surface area contributed by atoms with Crippen molar-refractivity contribution in [2.24, 2.45) is 0 Å². The zero-order valence-electron chi connectivity index (χ0n) is 15.9. The standard InChI is InChI=1S/C21H20N2O6/c1-23(2)7-6-12-11-22-16-4-3-5-17(18(12)16)29-21(28)15-9-13(19(24)25)8-14(10-15)20(26)27/h3-5,8-11,22H,6-7H2,1-2H3,(H,24,25)(H,26,27). The SMILES string of the molecule is CN(C)CCc1c[nH]c2cccc(OC(=O)c3cc(C(=O)O)cc(C(=O)O)c3)c12. The van der Waals surface area contributed by atoms with Gasteiger partial charge in [0, 0.05) is 23.6 Å². The highest BCUT2D eigenvalue weighted by molar-refractivity contribution is 6.01. The van der Waals surface area contributed by atoms with E-state index in [2.05, 4.69) is 4.98 Å². The van der Waals surface area contributed by atoms with Crippen LogP contribution in [0.4, 0.5) is 0 Å². The van der Waals surface area contributed by atoms with Gasteiger partial charge in [-0.05, 0) is 56.4 Å². The number of ether oxygens (including phenoxy) is 1. The molecule has 0 unspecified atom stereocenters. The van der Waals surface area contributed by atoms with Gasteiger partial charge in [-0.1, -0.05) is 6.07 Å². The Balaban J connectivity index is 1.97. The van der Waals surface area contributed by atoms with Gasteiger partial charge in [0.05, 0.1) is 16.7 Å². The lowest BCUT2D eigenvalue weighted by atomic mass is 10.1. The number of aromatic amines is 1. The predicted octanol–water partition coefficient (Wildman–Crippen LogP) is 2.89. The molecule has 150 valence electrons. The van der Waals surface area contributed by atoms with Crippen LogP contribution in [0.2, 0.25) is 0 Å². The van der Waals surface area contributed by atoms with Gasteiger partial charge in [0.2, 0.25) is 0 Å². The number of nitrogens with one attached hydrogen (secondary N) is 1. The number of hydrogen-bond acceptors (Lipinski definition) is 5. The quantitative estimate of drug-likeness (QED) is 0.415. The number of aromatic carboxylic acids is 2. The minimum absolute atomic E-state index is 0.148. The second-order valence-electron chi connectivity index (χ2n) is 6.84. The largest absolute Gasteiger partial charge is 0.478 e. The molecule has 0 bridgehead atoms. The number of fused-ring (bicyclic) bond motifs is 1. The molecule has 0 atom stereocenters. The highest BCUT2D eigenvalue weighted by Crippen LogP contribution is 2.30. The molecular formula is C21H20N2O6. The number of esters is 1. The van der Waals surface area contributed by atoms with Crippen molar-refractivity contribution < 1.29 is 29.3 Å². The normalized spacial score (nSPS) is 11.0. The average molecular weight is 396 g/mol. The third-order valence-corrected chi connectivity index (χ3v) is 4.44. The Morgan fingerprint density at radius 2 is 1.62 bits per heavy atom. The highest BCUT2D eigenvalue weighted by Gasteiger charge is 2.19. The van der Waals surface area contributed by atoms with Crippen LogP contribution in [0, 0.1) is 0 Å². The molecule has 3 aromatic rings. The molecule has 0 saturated heterocycles. The second-order valence-corrected chi connectivity index (χ2v) is 6.84. The van der Waals surface area contributed by atoms with Crippen LogP contribution in [0.1, 0.15) is 36.6 Å². The number of carbonyl (C=O) groups excluding carboxylic acids is 1. The first kappa shape index (κ1) is 20.1. The van der Waals surface area contributed by atoms with E-state index in [-0.39, 0.29) is 16.7 Å². The number of carboxylic acids is 2. The molecule has 8 heteroatoms. The Bertz CT molecular complexity index is 1070. The first-order chi connectivity index (χ1) is 13.8. The van der Waals surface area contributed by atoms with Gasteiger partial charge >= 0.3 is 17.9 Å². The van der Waals surface area contributed by atoms with Gasteiger partial charge in [-0.15, -0.1) is 0 Å². The van der Waals surface area contributed by atoms with E-state index in [9.17, 15) is 24.6 Å². The summed E-state index contributed by atoms with van der Waals surface area (Å²) in [5.41, 5.74) is 1.02. The van der Waals surface area contributed by atoms with Crippen molar-refractivity contribution in [1.82, 2.24) is 9.88 Å². The van der Waals surface area contributed by atoms with E-state index in [0.29, 0.717) is 5.75 Å². The molecule has 3 N–H and O–H groups in total. The summed E-state index contributed by atoms with van der Waals surface area (Å²) in [6.07, 6.45) is 2.60. The van der Waals surface area contributed by atoms with Crippen molar-refractivity contribution in [3.63, 3.8) is 0 Å². The van der Waals surface area contributed by atoms with Crippen LogP contribution in [0.3, 0.4) is 0 Å². The topological polar surface area (TPSA) is 120 Å². The minimum atomic E-state index is -1.33. The fourth-order valence-corrected chi connectivity index (χ4v) is 3.00. The monoisotopic (exact) mass is 396 g/mol. The molecule has 2 aromatic carbocycles. The lowest BCUT2D eigenvalue weighted by molar-refractivity contribution is 0.0696. The fraction of sp³-hybridized carbons (Fsp3) is 0.190. The fourth-order valence-electron chi connectivity index (χ4n) is 3.00. The van der Waals surface area contributed by atoms with Gasteiger partial charge in [0.1, 0.15) is 5.75 Å². The first-order valence-electron chi connectivity index (χ1n) is 8.84. The smallest absolute Gasteiger partial charge is 0.343 e. The number of hydrogen-bond donors (Lipinski definition) is 3. The molecule has 8 nitrogen and oxygen atoms in total. The van der Waals surface area contributed by atoms with Crippen LogP contribution < -0.4 is 4.74 Å². The van der Waals surface area contributed by atoms with Gasteiger partial charge < -0.3 is 24.8 Å². The Labute approximate surface area is 166 Å². The summed E-state index contributed by atoms with van der Waals surface area (Å²) in [5.74, 6) is -3.18. The van der Waals surface area contributed by atoms with Crippen LogP contribution in [0.15, 0.2) is 42.6 Å². The number of aromatic nitrogens is 1. The van der Waals surface area contributed by atoms with Crippen LogP contribution in [0.5, 0.6) is 5.75 Å². The van der Waals surface area contributed by atoms with Crippen molar-refractivity contribution in [3.8, 4) is 5.75 Å². The molecule has 3 rings (SSSR count). The molecule has 29 heavy (non-hydrogen) atoms. The molecule has 0 aliphatic rings. The highest BCUT2D eigenvalue weighted by atomic mass is 16.5. The number of nitrogens with zero attached hydrogens (tertiary/aromatic N) is 1. The van der Waals surface area contributed by atoms with Crippen molar-refractivity contribution >= 4 is 28.8 Å². The molecule has 0 amide bonds. The van der Waals surface area contributed by atoms with Gasteiger partial charge in [0.25, 0.3) is 0 Å². The van der Waals surface area contributed by atoms with Crippen LogP contribution in [0.25, 0.3) is 10.9 Å². The van der Waals surface area contributed by atoms with E-state index in [4.69, 9.17) is 4.74 Å². The summed E-state index contributed by atoms with van der Waals surface area (Å²) < 4.78 is 5.53. The molecule has 1 heterocycles. The summed E-state index contributed by atoms with van der Waals surface area (Å²) in [6, 6.07) is 8.43. The van der Waals surface area contributed by atoms with Crippen molar-refractivity contribution in [3.05, 3.63) is 64.8 Å². The Morgan fingerprint density at radius 1 is 1.00 bits per heavy atom. The molecule has 0 aliphatic heterocycles. The van der Waals surface area contributed by atoms with Crippen LogP contribution >= 0.6 is 0 Å². The zero-order valence-corrected chi connectivity index (χ0v) is 15.9. The molecule has 0 fully saturated rings. The molecular weight excluding hydrogens is 376 g/mol. The Hall–Kier alpha value is -3.65. The number of benzene rings is 2. The maximum atomic E-state index is 12.7. The summed E-state index contributed by atoms with van der Waals surface area (Å²) in [6.45, 7) is 0.803. The molecule has 1 aromatic heterocycles. The molecule has 0 radical (unpaired) electrons. The van der Waals surface area contributed by atoms with E-state index in [1.165, 1.54) is 0 Å². The number of carbonyl (C=O) groups is 3. The number of H-pyrrole nitrogens is 1. The number of carboxylic acid groups (broad SMARTS) is 2. The third kappa shape index (κ3) is 4.44. The lowest BCUT2D eigenvalue weighted by Gasteiger charge is -2.11. The van der Waals surface area contributed by atoms with Gasteiger partial charge in [-0.25, -0.2) is 14.4 Å². The van der Waals surface area contributed by atoms with Gasteiger partial charge in [-0.3, -0.25) is 0 Å². The van der Waals surface area contributed by atoms with Crippen LogP contribution in [-0.2, 0) is 6.42 Å². The van der Waals surface area contributed by atoms with E-state index >= 15 is 0 Å². The number of rotatable bonds is 7. The average Bonchev–Trinajstić information content (AvgIpc) is 3.10. The van der Waals surface area contributed by atoms with E-state index in [1.54, 1.807) is 12.1 Å². The van der Waals surface area contributed by atoms with Crippen molar-refractivity contribution in [2.45, 2.75) is 6.42 Å². The number of likely N-dealkylation sites (N-methyl/N-ethyl adjacent to an activating group) is 1. The van der Waals surface area contributed by atoms with E-state index in [0.717, 1.165) is 47.6 Å². The Morgan fingerprint density at radius 3 is 2.21 bits per heavy atom.